The van der Waals surface area contributed by atoms with Gasteiger partial charge in [0.15, 0.2) is 0 Å². The summed E-state index contributed by atoms with van der Waals surface area (Å²) in [6.07, 6.45) is 3.08. The topological polar surface area (TPSA) is 39.4 Å². The van der Waals surface area contributed by atoms with Crippen molar-refractivity contribution in [3.05, 3.63) is 24.2 Å². The molecule has 1 rings (SSSR count). The van der Waals surface area contributed by atoms with E-state index in [2.05, 4.69) is 0 Å². The van der Waals surface area contributed by atoms with Gasteiger partial charge in [0.05, 0.1) is 18.8 Å². The Balaban J connectivity index is 2.34. The van der Waals surface area contributed by atoms with E-state index in [1.54, 1.807) is 6.26 Å². The van der Waals surface area contributed by atoms with E-state index >= 15 is 0 Å². The van der Waals surface area contributed by atoms with Crippen LogP contribution in [0.4, 0.5) is 0 Å². The minimum absolute atomic E-state index is 0.132. The van der Waals surface area contributed by atoms with Crippen molar-refractivity contribution in [1.82, 2.24) is 0 Å². The summed E-state index contributed by atoms with van der Waals surface area (Å²) in [6, 6.07) is 3.68. The molecule has 3 heteroatoms. The van der Waals surface area contributed by atoms with Crippen LogP contribution in [0, 0.1) is 5.92 Å². The van der Waals surface area contributed by atoms with Crippen molar-refractivity contribution in [2.45, 2.75) is 26.7 Å². The number of hydrogen-bond acceptors (Lipinski definition) is 3. The number of carbonyl (C=O) groups is 1. The van der Waals surface area contributed by atoms with Crippen LogP contribution in [0.15, 0.2) is 22.8 Å². The number of hydrogen-bond donors (Lipinski definition) is 0. The lowest BCUT2D eigenvalue weighted by Crippen LogP contribution is -2.17. The highest BCUT2D eigenvalue weighted by atomic mass is 16.5. The van der Waals surface area contributed by atoms with Gasteiger partial charge in [-0.05, 0) is 18.6 Å². The summed E-state index contributed by atoms with van der Waals surface area (Å²) in [7, 11) is 0. The lowest BCUT2D eigenvalue weighted by molar-refractivity contribution is -0.148. The summed E-state index contributed by atoms with van der Waals surface area (Å²) >= 11 is 0. The third-order valence-corrected chi connectivity index (χ3v) is 1.94. The van der Waals surface area contributed by atoms with E-state index in [0.29, 0.717) is 13.0 Å². The number of carbonyl (C=O) groups excluding carboxylic acids is 1. The summed E-state index contributed by atoms with van der Waals surface area (Å²) in [5, 5.41) is 0. The smallest absolute Gasteiger partial charge is 0.309 e. The van der Waals surface area contributed by atoms with Gasteiger partial charge in [0, 0.05) is 6.42 Å². The van der Waals surface area contributed by atoms with Crippen molar-refractivity contribution in [3.63, 3.8) is 0 Å². The highest BCUT2D eigenvalue weighted by molar-refractivity contribution is 5.72. The van der Waals surface area contributed by atoms with Gasteiger partial charge < -0.3 is 9.15 Å². The molecule has 3 nitrogen and oxygen atoms in total. The van der Waals surface area contributed by atoms with Crippen LogP contribution in [0.3, 0.4) is 0 Å². The van der Waals surface area contributed by atoms with E-state index < -0.39 is 0 Å². The molecular formula is C11H16O3. The Morgan fingerprint density at radius 1 is 1.64 bits per heavy atom. The van der Waals surface area contributed by atoms with Gasteiger partial charge in [-0.3, -0.25) is 4.79 Å². The zero-order valence-corrected chi connectivity index (χ0v) is 8.66. The van der Waals surface area contributed by atoms with Crippen molar-refractivity contribution in [1.29, 1.82) is 0 Å². The first kappa shape index (κ1) is 10.8. The van der Waals surface area contributed by atoms with Crippen LogP contribution in [0.5, 0.6) is 0 Å². The normalized spacial score (nSPS) is 12.4. The van der Waals surface area contributed by atoms with Crippen LogP contribution in [0.25, 0.3) is 0 Å². The predicted octanol–water partition coefficient (Wildman–Crippen LogP) is 2.41. The second-order valence-electron chi connectivity index (χ2n) is 3.35. The Bertz CT molecular complexity index is 264. The molecule has 0 spiro atoms. The average molecular weight is 196 g/mol. The molecule has 0 fully saturated rings. The lowest BCUT2D eigenvalue weighted by Gasteiger charge is -2.08. The Labute approximate surface area is 84.1 Å². The fraction of sp³-hybridized carbons (Fsp3) is 0.545. The van der Waals surface area contributed by atoms with Crippen LogP contribution < -0.4 is 0 Å². The highest BCUT2D eigenvalue weighted by Gasteiger charge is 2.15. The zero-order valence-electron chi connectivity index (χ0n) is 8.66. The number of esters is 1. The minimum Gasteiger partial charge on any atom is -0.469 e. The maximum Gasteiger partial charge on any atom is 0.309 e. The van der Waals surface area contributed by atoms with E-state index in [1.807, 2.05) is 26.0 Å². The molecule has 0 aliphatic carbocycles. The molecular weight excluding hydrogens is 180 g/mol. The van der Waals surface area contributed by atoms with E-state index in [1.165, 1.54) is 0 Å². The van der Waals surface area contributed by atoms with Crippen molar-refractivity contribution in [3.8, 4) is 0 Å². The highest BCUT2D eigenvalue weighted by Crippen LogP contribution is 2.10. The average Bonchev–Trinajstić information content (AvgIpc) is 2.66. The molecule has 0 aliphatic heterocycles. The second-order valence-corrected chi connectivity index (χ2v) is 3.35. The maximum atomic E-state index is 11.4. The van der Waals surface area contributed by atoms with Gasteiger partial charge in [-0.2, -0.15) is 0 Å². The number of rotatable bonds is 5. The predicted molar refractivity (Wildman–Crippen MR) is 52.8 cm³/mol. The largest absolute Gasteiger partial charge is 0.469 e. The number of furan rings is 1. The SMILES string of the molecule is CCCOC(=O)C(C)Cc1ccco1. The van der Waals surface area contributed by atoms with Gasteiger partial charge in [-0.25, -0.2) is 0 Å². The first-order valence-electron chi connectivity index (χ1n) is 4.93. The maximum absolute atomic E-state index is 11.4. The first-order chi connectivity index (χ1) is 6.74. The van der Waals surface area contributed by atoms with Gasteiger partial charge in [0.1, 0.15) is 5.76 Å². The molecule has 0 aromatic carbocycles. The zero-order chi connectivity index (χ0) is 10.4. The fourth-order valence-corrected chi connectivity index (χ4v) is 1.16. The van der Waals surface area contributed by atoms with Gasteiger partial charge in [-0.15, -0.1) is 0 Å². The van der Waals surface area contributed by atoms with Gasteiger partial charge in [0.2, 0.25) is 0 Å². The Morgan fingerprint density at radius 3 is 3.00 bits per heavy atom. The molecule has 1 heterocycles. The third kappa shape index (κ3) is 3.24. The van der Waals surface area contributed by atoms with E-state index in [4.69, 9.17) is 9.15 Å². The van der Waals surface area contributed by atoms with Crippen LogP contribution in [0.1, 0.15) is 26.0 Å². The Morgan fingerprint density at radius 2 is 2.43 bits per heavy atom. The molecule has 0 saturated carbocycles. The molecule has 0 aliphatic rings. The molecule has 1 unspecified atom stereocenters. The van der Waals surface area contributed by atoms with Crippen LogP contribution in [-0.4, -0.2) is 12.6 Å². The van der Waals surface area contributed by atoms with Crippen molar-refractivity contribution < 1.29 is 13.9 Å². The molecule has 14 heavy (non-hydrogen) atoms. The van der Waals surface area contributed by atoms with Crippen molar-refractivity contribution in [2.24, 2.45) is 5.92 Å². The molecule has 0 saturated heterocycles. The minimum atomic E-state index is -0.150. The third-order valence-electron chi connectivity index (χ3n) is 1.94. The van der Waals surface area contributed by atoms with E-state index in [9.17, 15) is 4.79 Å². The summed E-state index contributed by atoms with van der Waals surface area (Å²) in [5.74, 6) is 0.543. The second kappa shape index (κ2) is 5.47. The summed E-state index contributed by atoms with van der Waals surface area (Å²) < 4.78 is 10.2. The van der Waals surface area contributed by atoms with Gasteiger partial charge in [0.25, 0.3) is 0 Å². The van der Waals surface area contributed by atoms with Crippen LogP contribution in [-0.2, 0) is 16.0 Å². The standard InChI is InChI=1S/C11H16O3/c1-3-6-14-11(12)9(2)8-10-5-4-7-13-10/h4-5,7,9H,3,6,8H2,1-2H3. The quantitative estimate of drug-likeness (QED) is 0.679. The molecule has 0 bridgehead atoms. The lowest BCUT2D eigenvalue weighted by atomic mass is 10.1. The summed E-state index contributed by atoms with van der Waals surface area (Å²) in [4.78, 5) is 11.4. The Kier molecular flexibility index (Phi) is 4.23. The monoisotopic (exact) mass is 196 g/mol. The molecule has 1 aromatic heterocycles. The fourth-order valence-electron chi connectivity index (χ4n) is 1.16. The summed E-state index contributed by atoms with van der Waals surface area (Å²) in [5.41, 5.74) is 0. The summed E-state index contributed by atoms with van der Waals surface area (Å²) in [6.45, 7) is 4.33. The molecule has 1 atom stereocenters. The van der Waals surface area contributed by atoms with Crippen LogP contribution >= 0.6 is 0 Å². The molecule has 1 aromatic rings. The van der Waals surface area contributed by atoms with E-state index in [-0.39, 0.29) is 11.9 Å². The molecule has 0 N–H and O–H groups in total. The van der Waals surface area contributed by atoms with E-state index in [0.717, 1.165) is 12.2 Å². The van der Waals surface area contributed by atoms with Gasteiger partial charge >= 0.3 is 5.97 Å². The van der Waals surface area contributed by atoms with Crippen molar-refractivity contribution in [2.75, 3.05) is 6.61 Å². The van der Waals surface area contributed by atoms with Crippen LogP contribution in [0.2, 0.25) is 0 Å². The molecule has 78 valence electrons. The molecule has 0 amide bonds. The van der Waals surface area contributed by atoms with Crippen molar-refractivity contribution >= 4 is 5.97 Å². The molecule has 0 radical (unpaired) electrons. The van der Waals surface area contributed by atoms with Gasteiger partial charge in [-0.1, -0.05) is 13.8 Å². The first-order valence-corrected chi connectivity index (χ1v) is 4.93. The number of ether oxygens (including phenoxy) is 1. The Hall–Kier alpha value is -1.25.